The van der Waals surface area contributed by atoms with Crippen molar-refractivity contribution < 1.29 is 19.1 Å². The van der Waals surface area contributed by atoms with E-state index in [4.69, 9.17) is 9.47 Å². The van der Waals surface area contributed by atoms with Crippen LogP contribution in [0.3, 0.4) is 0 Å². The number of ether oxygens (including phenoxy) is 2. The van der Waals surface area contributed by atoms with E-state index >= 15 is 0 Å². The number of hydrogen-bond acceptors (Lipinski definition) is 5. The van der Waals surface area contributed by atoms with E-state index in [2.05, 4.69) is 17.0 Å². The van der Waals surface area contributed by atoms with Crippen LogP contribution in [0.5, 0.6) is 0 Å². The van der Waals surface area contributed by atoms with Crippen molar-refractivity contribution in [2.45, 2.75) is 52.3 Å². The van der Waals surface area contributed by atoms with Crippen LogP contribution in [0.1, 0.15) is 39.8 Å². The standard InChI is InChI=1S/C17H26N4O4/c1-7-24-11(2)13-10-14-20(6)15(22)12(8-9-21(14)19-13)18-16(23)25-17(3,4)5/h10,12H,2,7-9H2,1,3-6H3,(H,18,23). The number of alkyl carbamates (subject to hydrolysis) is 1. The fourth-order valence-corrected chi connectivity index (χ4v) is 2.53. The first-order valence-electron chi connectivity index (χ1n) is 8.29. The first kappa shape index (κ1) is 18.8. The maximum absolute atomic E-state index is 12.7. The first-order chi connectivity index (χ1) is 11.6. The second-order valence-corrected chi connectivity index (χ2v) is 6.85. The van der Waals surface area contributed by atoms with Crippen molar-refractivity contribution in [3.8, 4) is 0 Å². The molecule has 1 aromatic rings. The van der Waals surface area contributed by atoms with Gasteiger partial charge in [0.15, 0.2) is 0 Å². The topological polar surface area (TPSA) is 85.7 Å². The average molecular weight is 350 g/mol. The van der Waals surface area contributed by atoms with Crippen molar-refractivity contribution in [1.29, 1.82) is 0 Å². The molecule has 0 aromatic carbocycles. The van der Waals surface area contributed by atoms with Gasteiger partial charge in [-0.3, -0.25) is 9.69 Å². The Morgan fingerprint density at radius 2 is 2.16 bits per heavy atom. The highest BCUT2D eigenvalue weighted by Crippen LogP contribution is 2.24. The molecule has 0 radical (unpaired) electrons. The van der Waals surface area contributed by atoms with Gasteiger partial charge in [-0.2, -0.15) is 5.10 Å². The van der Waals surface area contributed by atoms with Gasteiger partial charge in [0, 0.05) is 19.7 Å². The fraction of sp³-hybridized carbons (Fsp3) is 0.588. The lowest BCUT2D eigenvalue weighted by molar-refractivity contribution is -0.120. The Morgan fingerprint density at radius 3 is 2.76 bits per heavy atom. The number of aryl methyl sites for hydroxylation is 1. The fourth-order valence-electron chi connectivity index (χ4n) is 2.53. The van der Waals surface area contributed by atoms with Crippen molar-refractivity contribution in [3.05, 3.63) is 18.3 Å². The van der Waals surface area contributed by atoms with E-state index in [-0.39, 0.29) is 5.91 Å². The van der Waals surface area contributed by atoms with Crippen LogP contribution in [0.4, 0.5) is 10.6 Å². The number of nitrogens with zero attached hydrogens (tertiary/aromatic N) is 3. The number of fused-ring (bicyclic) bond motifs is 1. The number of aromatic nitrogens is 2. The molecular weight excluding hydrogens is 324 g/mol. The highest BCUT2D eigenvalue weighted by atomic mass is 16.6. The third kappa shape index (κ3) is 4.52. The third-order valence-corrected chi connectivity index (χ3v) is 3.66. The summed E-state index contributed by atoms with van der Waals surface area (Å²) in [5, 5.41) is 7.08. The van der Waals surface area contributed by atoms with Crippen molar-refractivity contribution >= 4 is 23.6 Å². The van der Waals surface area contributed by atoms with Gasteiger partial charge in [-0.1, -0.05) is 6.58 Å². The Labute approximate surface area is 147 Å². The minimum atomic E-state index is -0.667. The molecule has 2 amide bonds. The quantitative estimate of drug-likeness (QED) is 0.841. The zero-order chi connectivity index (χ0) is 18.8. The molecule has 2 rings (SSSR count). The second kappa shape index (κ2) is 7.16. The monoisotopic (exact) mass is 350 g/mol. The maximum Gasteiger partial charge on any atom is 0.408 e. The molecule has 0 spiro atoms. The van der Waals surface area contributed by atoms with Crippen LogP contribution in [-0.2, 0) is 20.8 Å². The highest BCUT2D eigenvalue weighted by Gasteiger charge is 2.32. The Balaban J connectivity index is 2.12. The Kier molecular flexibility index (Phi) is 5.39. The number of carbonyl (C=O) groups excluding carboxylic acids is 2. The molecule has 1 aliphatic rings. The van der Waals surface area contributed by atoms with Gasteiger partial charge in [0.1, 0.15) is 28.9 Å². The summed E-state index contributed by atoms with van der Waals surface area (Å²) >= 11 is 0. The van der Waals surface area contributed by atoms with E-state index in [0.717, 1.165) is 0 Å². The molecule has 8 heteroatoms. The van der Waals surface area contributed by atoms with Crippen LogP contribution < -0.4 is 10.2 Å². The SMILES string of the molecule is C=C(OCC)c1cc2n(n1)CCC(NC(=O)OC(C)(C)C)C(=O)N2C. The molecule has 0 saturated heterocycles. The molecule has 8 nitrogen and oxygen atoms in total. The number of amides is 2. The number of rotatable bonds is 4. The van der Waals surface area contributed by atoms with E-state index in [9.17, 15) is 9.59 Å². The van der Waals surface area contributed by atoms with Gasteiger partial charge in [-0.15, -0.1) is 0 Å². The van der Waals surface area contributed by atoms with Crippen LogP contribution in [0.15, 0.2) is 12.6 Å². The molecule has 0 saturated carbocycles. The number of hydrogen-bond donors (Lipinski definition) is 1. The molecule has 1 unspecified atom stereocenters. The van der Waals surface area contributed by atoms with Gasteiger partial charge in [-0.05, 0) is 34.1 Å². The van der Waals surface area contributed by atoms with E-state index in [0.29, 0.717) is 36.8 Å². The van der Waals surface area contributed by atoms with Crippen molar-refractivity contribution in [1.82, 2.24) is 15.1 Å². The highest BCUT2D eigenvalue weighted by molar-refractivity contribution is 5.98. The van der Waals surface area contributed by atoms with Gasteiger partial charge >= 0.3 is 6.09 Å². The number of anilines is 1. The summed E-state index contributed by atoms with van der Waals surface area (Å²) in [4.78, 5) is 26.1. The molecule has 0 fully saturated rings. The Bertz CT molecular complexity index is 675. The molecule has 1 N–H and O–H groups in total. The molecule has 1 aromatic heterocycles. The van der Waals surface area contributed by atoms with Crippen LogP contribution in [0, 0.1) is 0 Å². The summed E-state index contributed by atoms with van der Waals surface area (Å²) in [6, 6.07) is 1.09. The maximum atomic E-state index is 12.7. The summed E-state index contributed by atoms with van der Waals surface area (Å²) in [6.45, 7) is 12.0. The zero-order valence-electron chi connectivity index (χ0n) is 15.5. The lowest BCUT2D eigenvalue weighted by Gasteiger charge is -2.24. The smallest absolute Gasteiger partial charge is 0.408 e. The van der Waals surface area contributed by atoms with E-state index in [1.54, 1.807) is 38.6 Å². The molecule has 138 valence electrons. The van der Waals surface area contributed by atoms with Crippen LogP contribution in [0.25, 0.3) is 5.76 Å². The van der Waals surface area contributed by atoms with E-state index in [1.807, 2.05) is 6.92 Å². The number of nitrogens with one attached hydrogen (secondary N) is 1. The van der Waals surface area contributed by atoms with Crippen molar-refractivity contribution in [3.63, 3.8) is 0 Å². The molecular formula is C17H26N4O4. The average Bonchev–Trinajstić information content (AvgIpc) is 2.88. The lowest BCUT2D eigenvalue weighted by Crippen LogP contribution is -2.48. The van der Waals surface area contributed by atoms with Crippen LogP contribution >= 0.6 is 0 Å². The Hall–Kier alpha value is -2.51. The van der Waals surface area contributed by atoms with E-state index < -0.39 is 17.7 Å². The third-order valence-electron chi connectivity index (χ3n) is 3.66. The van der Waals surface area contributed by atoms with Crippen LogP contribution in [0.2, 0.25) is 0 Å². The molecule has 25 heavy (non-hydrogen) atoms. The van der Waals surface area contributed by atoms with Gasteiger partial charge in [0.2, 0.25) is 0 Å². The summed E-state index contributed by atoms with van der Waals surface area (Å²) in [5.74, 6) is 0.875. The minimum Gasteiger partial charge on any atom is -0.492 e. The first-order valence-corrected chi connectivity index (χ1v) is 8.29. The summed E-state index contributed by atoms with van der Waals surface area (Å²) in [5.41, 5.74) is -0.0273. The normalized spacial score (nSPS) is 17.6. The van der Waals surface area contributed by atoms with Crippen LogP contribution in [-0.4, -0.2) is 47.1 Å². The second-order valence-electron chi connectivity index (χ2n) is 6.85. The van der Waals surface area contributed by atoms with E-state index in [1.165, 1.54) is 4.90 Å². The van der Waals surface area contributed by atoms with Crippen molar-refractivity contribution in [2.75, 3.05) is 18.6 Å². The summed E-state index contributed by atoms with van der Waals surface area (Å²) in [7, 11) is 1.65. The largest absolute Gasteiger partial charge is 0.492 e. The summed E-state index contributed by atoms with van der Waals surface area (Å²) < 4.78 is 12.3. The number of carbonyl (C=O) groups is 2. The van der Waals surface area contributed by atoms with Crippen molar-refractivity contribution in [2.24, 2.45) is 0 Å². The van der Waals surface area contributed by atoms with Gasteiger partial charge in [0.05, 0.1) is 6.61 Å². The predicted molar refractivity (Wildman–Crippen MR) is 94.1 cm³/mol. The zero-order valence-corrected chi connectivity index (χ0v) is 15.5. The van der Waals surface area contributed by atoms with Gasteiger partial charge in [-0.25, -0.2) is 9.48 Å². The molecule has 2 heterocycles. The Morgan fingerprint density at radius 1 is 1.48 bits per heavy atom. The lowest BCUT2D eigenvalue weighted by atomic mass is 10.2. The molecule has 0 bridgehead atoms. The van der Waals surface area contributed by atoms with Gasteiger partial charge in [0.25, 0.3) is 5.91 Å². The molecule has 1 atom stereocenters. The number of likely N-dealkylation sites (N-methyl/N-ethyl adjacent to an activating group) is 1. The summed E-state index contributed by atoms with van der Waals surface area (Å²) in [6.07, 6.45) is -0.193. The van der Waals surface area contributed by atoms with Gasteiger partial charge < -0.3 is 14.8 Å². The minimum absolute atomic E-state index is 0.224. The molecule has 1 aliphatic heterocycles. The molecule has 0 aliphatic carbocycles. The predicted octanol–water partition coefficient (Wildman–Crippen LogP) is 2.15.